The minimum Gasteiger partial charge on any atom is -0.493 e. The molecule has 1 N–H and O–H groups in total. The summed E-state index contributed by atoms with van der Waals surface area (Å²) >= 11 is 0. The molecule has 1 aromatic rings. The van der Waals surface area contributed by atoms with Gasteiger partial charge in [0.2, 0.25) is 0 Å². The standard InChI is InChI=1S/C13H21NO2/c1-4-9-14-11(2)10-16-13-8-6-5-7-12(13)15-3/h5-8,11,14H,4,9-10H2,1-3H3. The van der Waals surface area contributed by atoms with Crippen molar-refractivity contribution in [2.24, 2.45) is 0 Å². The first-order valence-corrected chi connectivity index (χ1v) is 5.77. The van der Waals surface area contributed by atoms with Crippen LogP contribution in [0.25, 0.3) is 0 Å². The first-order chi connectivity index (χ1) is 7.77. The molecule has 1 rings (SSSR count). The molecule has 1 atom stereocenters. The van der Waals surface area contributed by atoms with E-state index in [2.05, 4.69) is 19.2 Å². The fourth-order valence-corrected chi connectivity index (χ4v) is 1.40. The molecule has 0 aliphatic rings. The molecule has 0 aromatic heterocycles. The van der Waals surface area contributed by atoms with Gasteiger partial charge in [-0.1, -0.05) is 19.1 Å². The van der Waals surface area contributed by atoms with E-state index in [1.165, 1.54) is 0 Å². The number of ether oxygens (including phenoxy) is 2. The molecule has 0 aliphatic heterocycles. The zero-order valence-corrected chi connectivity index (χ0v) is 10.3. The van der Waals surface area contributed by atoms with Crippen molar-refractivity contribution in [3.8, 4) is 11.5 Å². The van der Waals surface area contributed by atoms with E-state index in [-0.39, 0.29) is 0 Å². The van der Waals surface area contributed by atoms with Crippen LogP contribution in [0.1, 0.15) is 20.3 Å². The van der Waals surface area contributed by atoms with Gasteiger partial charge in [0.25, 0.3) is 0 Å². The summed E-state index contributed by atoms with van der Waals surface area (Å²) in [5, 5.41) is 3.37. The zero-order valence-electron chi connectivity index (χ0n) is 10.3. The molecule has 0 saturated carbocycles. The minimum atomic E-state index is 0.352. The Balaban J connectivity index is 2.41. The average Bonchev–Trinajstić information content (AvgIpc) is 2.34. The lowest BCUT2D eigenvalue weighted by molar-refractivity contribution is 0.260. The van der Waals surface area contributed by atoms with Crippen molar-refractivity contribution >= 4 is 0 Å². The first kappa shape index (κ1) is 12.8. The van der Waals surface area contributed by atoms with Gasteiger partial charge in [-0.05, 0) is 32.0 Å². The van der Waals surface area contributed by atoms with Crippen molar-refractivity contribution in [2.45, 2.75) is 26.3 Å². The highest BCUT2D eigenvalue weighted by atomic mass is 16.5. The summed E-state index contributed by atoms with van der Waals surface area (Å²) in [4.78, 5) is 0. The molecule has 0 saturated heterocycles. The molecule has 90 valence electrons. The molecule has 0 fully saturated rings. The van der Waals surface area contributed by atoms with Crippen LogP contribution in [-0.4, -0.2) is 26.3 Å². The molecule has 0 amide bonds. The fourth-order valence-electron chi connectivity index (χ4n) is 1.40. The SMILES string of the molecule is CCCNC(C)COc1ccccc1OC. The summed E-state index contributed by atoms with van der Waals surface area (Å²) in [7, 11) is 1.65. The number of nitrogens with one attached hydrogen (secondary N) is 1. The van der Waals surface area contributed by atoms with Crippen LogP contribution in [-0.2, 0) is 0 Å². The maximum atomic E-state index is 5.70. The van der Waals surface area contributed by atoms with Crippen LogP contribution in [0.15, 0.2) is 24.3 Å². The predicted octanol–water partition coefficient (Wildman–Crippen LogP) is 2.46. The van der Waals surface area contributed by atoms with Gasteiger partial charge in [0.05, 0.1) is 7.11 Å². The summed E-state index contributed by atoms with van der Waals surface area (Å²) in [5.74, 6) is 1.58. The predicted molar refractivity (Wildman–Crippen MR) is 66.2 cm³/mol. The quantitative estimate of drug-likeness (QED) is 0.770. The Morgan fingerprint density at radius 1 is 1.25 bits per heavy atom. The maximum Gasteiger partial charge on any atom is 0.161 e. The van der Waals surface area contributed by atoms with Crippen LogP contribution in [0.5, 0.6) is 11.5 Å². The van der Waals surface area contributed by atoms with Gasteiger partial charge in [-0.2, -0.15) is 0 Å². The Morgan fingerprint density at radius 2 is 1.94 bits per heavy atom. The van der Waals surface area contributed by atoms with E-state index in [1.54, 1.807) is 7.11 Å². The second kappa shape index (κ2) is 7.12. The fraction of sp³-hybridized carbons (Fsp3) is 0.538. The second-order valence-electron chi connectivity index (χ2n) is 3.82. The molecule has 16 heavy (non-hydrogen) atoms. The van der Waals surface area contributed by atoms with Gasteiger partial charge in [0, 0.05) is 6.04 Å². The van der Waals surface area contributed by atoms with Gasteiger partial charge in [-0.15, -0.1) is 0 Å². The highest BCUT2D eigenvalue weighted by molar-refractivity contribution is 5.39. The maximum absolute atomic E-state index is 5.70. The lowest BCUT2D eigenvalue weighted by Crippen LogP contribution is -2.32. The van der Waals surface area contributed by atoms with E-state index in [9.17, 15) is 0 Å². The highest BCUT2D eigenvalue weighted by Crippen LogP contribution is 2.25. The van der Waals surface area contributed by atoms with E-state index in [0.29, 0.717) is 12.6 Å². The number of methoxy groups -OCH3 is 1. The Kier molecular flexibility index (Phi) is 5.72. The Hall–Kier alpha value is -1.22. The number of hydrogen-bond acceptors (Lipinski definition) is 3. The number of benzene rings is 1. The Morgan fingerprint density at radius 3 is 2.56 bits per heavy atom. The first-order valence-electron chi connectivity index (χ1n) is 5.77. The third kappa shape index (κ3) is 4.11. The third-order valence-electron chi connectivity index (χ3n) is 2.30. The molecular formula is C13H21NO2. The van der Waals surface area contributed by atoms with Crippen LogP contribution >= 0.6 is 0 Å². The lowest BCUT2D eigenvalue weighted by Gasteiger charge is -2.15. The summed E-state index contributed by atoms with van der Waals surface area (Å²) in [6.45, 7) is 5.95. The number of rotatable bonds is 7. The molecular weight excluding hydrogens is 202 g/mol. The van der Waals surface area contributed by atoms with Gasteiger partial charge in [0.15, 0.2) is 11.5 Å². The average molecular weight is 223 g/mol. The topological polar surface area (TPSA) is 30.5 Å². The summed E-state index contributed by atoms with van der Waals surface area (Å²) in [6.07, 6.45) is 1.14. The van der Waals surface area contributed by atoms with E-state index in [1.807, 2.05) is 24.3 Å². The lowest BCUT2D eigenvalue weighted by atomic mass is 10.3. The van der Waals surface area contributed by atoms with E-state index in [0.717, 1.165) is 24.5 Å². The molecule has 3 nitrogen and oxygen atoms in total. The van der Waals surface area contributed by atoms with Crippen molar-refractivity contribution < 1.29 is 9.47 Å². The molecule has 1 unspecified atom stereocenters. The summed E-state index contributed by atoms with van der Waals surface area (Å²) in [5.41, 5.74) is 0. The second-order valence-corrected chi connectivity index (χ2v) is 3.82. The molecule has 0 bridgehead atoms. The van der Waals surface area contributed by atoms with E-state index in [4.69, 9.17) is 9.47 Å². The van der Waals surface area contributed by atoms with Crippen LogP contribution in [0.4, 0.5) is 0 Å². The van der Waals surface area contributed by atoms with E-state index >= 15 is 0 Å². The highest BCUT2D eigenvalue weighted by Gasteiger charge is 2.05. The molecule has 0 heterocycles. The summed E-state index contributed by atoms with van der Waals surface area (Å²) in [6, 6.07) is 8.06. The third-order valence-corrected chi connectivity index (χ3v) is 2.30. The molecule has 0 aliphatic carbocycles. The van der Waals surface area contributed by atoms with Crippen LogP contribution < -0.4 is 14.8 Å². The molecule has 1 aromatic carbocycles. The van der Waals surface area contributed by atoms with Crippen molar-refractivity contribution in [1.82, 2.24) is 5.32 Å². The Bertz CT molecular complexity index is 302. The molecule has 0 radical (unpaired) electrons. The minimum absolute atomic E-state index is 0.352. The zero-order chi connectivity index (χ0) is 11.8. The number of para-hydroxylation sites is 2. The Labute approximate surface area is 97.8 Å². The van der Waals surface area contributed by atoms with Crippen molar-refractivity contribution in [3.63, 3.8) is 0 Å². The van der Waals surface area contributed by atoms with Gasteiger partial charge in [0.1, 0.15) is 6.61 Å². The van der Waals surface area contributed by atoms with Crippen molar-refractivity contribution in [2.75, 3.05) is 20.3 Å². The smallest absolute Gasteiger partial charge is 0.161 e. The van der Waals surface area contributed by atoms with Crippen molar-refractivity contribution in [1.29, 1.82) is 0 Å². The normalized spacial score (nSPS) is 12.2. The molecule has 0 spiro atoms. The van der Waals surface area contributed by atoms with Crippen LogP contribution in [0.2, 0.25) is 0 Å². The van der Waals surface area contributed by atoms with Gasteiger partial charge in [-0.3, -0.25) is 0 Å². The van der Waals surface area contributed by atoms with Gasteiger partial charge < -0.3 is 14.8 Å². The van der Waals surface area contributed by atoms with Gasteiger partial charge in [-0.25, -0.2) is 0 Å². The monoisotopic (exact) mass is 223 g/mol. The number of hydrogen-bond donors (Lipinski definition) is 1. The summed E-state index contributed by atoms with van der Waals surface area (Å²) < 4.78 is 10.9. The van der Waals surface area contributed by atoms with Crippen LogP contribution in [0.3, 0.4) is 0 Å². The largest absolute Gasteiger partial charge is 0.493 e. The van der Waals surface area contributed by atoms with Crippen LogP contribution in [0, 0.1) is 0 Å². The van der Waals surface area contributed by atoms with E-state index < -0.39 is 0 Å². The molecule has 3 heteroatoms. The van der Waals surface area contributed by atoms with Crippen molar-refractivity contribution in [3.05, 3.63) is 24.3 Å². The van der Waals surface area contributed by atoms with Gasteiger partial charge >= 0.3 is 0 Å².